The molecule has 1 unspecified atom stereocenters. The number of phenolic OH excluding ortho intramolecular Hbond substituents is 1. The number of fused-ring (bicyclic) bond motifs is 3. The number of amides is 1. The number of allylic oxidation sites excluding steroid dienone is 2. The molecule has 0 fully saturated rings. The molecule has 1 heterocycles. The van der Waals surface area contributed by atoms with Crippen molar-refractivity contribution in [2.45, 2.75) is 39.7 Å². The van der Waals surface area contributed by atoms with Gasteiger partial charge in [0.2, 0.25) is 10.0 Å². The third-order valence-corrected chi connectivity index (χ3v) is 7.63. The van der Waals surface area contributed by atoms with Gasteiger partial charge in [0, 0.05) is 24.4 Å². The summed E-state index contributed by atoms with van der Waals surface area (Å²) in [5, 5.41) is 13.6. The van der Waals surface area contributed by atoms with Crippen LogP contribution in [0.1, 0.15) is 46.5 Å². The highest BCUT2D eigenvalue weighted by molar-refractivity contribution is 7.92. The Hall–Kier alpha value is -4.19. The van der Waals surface area contributed by atoms with Crippen molar-refractivity contribution in [1.82, 2.24) is 5.32 Å². The number of nitrogens with one attached hydrogen (secondary N) is 2. The maximum Gasteiger partial charge on any atom is 0.259 e. The molecule has 0 saturated heterocycles. The Morgan fingerprint density at radius 1 is 1.15 bits per heavy atom. The minimum Gasteiger partial charge on any atom is -0.507 e. The zero-order valence-electron chi connectivity index (χ0n) is 22.2. The van der Waals surface area contributed by atoms with Crippen LogP contribution in [-0.2, 0) is 36.4 Å². The summed E-state index contributed by atoms with van der Waals surface area (Å²) in [6.07, 6.45) is 2.10. The van der Waals surface area contributed by atoms with Crippen LogP contribution in [-0.4, -0.2) is 50.1 Å². The number of ether oxygens (including phenoxy) is 2. The number of sulfonamides is 1. The highest BCUT2D eigenvalue weighted by atomic mass is 32.2. The van der Waals surface area contributed by atoms with E-state index in [1.54, 1.807) is 26.0 Å². The molecule has 206 valence electrons. The summed E-state index contributed by atoms with van der Waals surface area (Å²) < 4.78 is 36.8. The van der Waals surface area contributed by atoms with Gasteiger partial charge in [0.05, 0.1) is 18.9 Å². The molecule has 0 bridgehead atoms. The fourth-order valence-corrected chi connectivity index (χ4v) is 5.70. The van der Waals surface area contributed by atoms with Crippen LogP contribution in [0, 0.1) is 19.8 Å². The summed E-state index contributed by atoms with van der Waals surface area (Å²) in [4.78, 5) is 51.5. The Balaban J connectivity index is 1.73. The molecule has 0 aromatic heterocycles. The number of hydrogen-bond donors (Lipinski definition) is 3. The van der Waals surface area contributed by atoms with E-state index in [1.165, 1.54) is 20.1 Å². The van der Waals surface area contributed by atoms with Crippen LogP contribution >= 0.6 is 0 Å². The minimum absolute atomic E-state index is 0.0327. The molecule has 0 saturated carbocycles. The number of Topliss-reactive ketones (excluding diaryl/α,β-unsaturated/α-hetero) is 2. The van der Waals surface area contributed by atoms with Crippen LogP contribution in [0.25, 0.3) is 0 Å². The van der Waals surface area contributed by atoms with Gasteiger partial charge in [-0.3, -0.25) is 23.9 Å². The molecule has 1 amide bonds. The van der Waals surface area contributed by atoms with Crippen molar-refractivity contribution >= 4 is 39.0 Å². The summed E-state index contributed by atoms with van der Waals surface area (Å²) in [6, 6.07) is 4.47. The second-order valence-electron chi connectivity index (χ2n) is 9.87. The molecular formula is C27H28N2O9S. The number of phenols is 1. The van der Waals surface area contributed by atoms with Gasteiger partial charge in [-0.25, -0.2) is 8.42 Å². The number of hydrogen-bond acceptors (Lipinski definition) is 9. The van der Waals surface area contributed by atoms with Crippen LogP contribution in [0.3, 0.4) is 0 Å². The summed E-state index contributed by atoms with van der Waals surface area (Å²) in [5.41, 5.74) is 0.777. The quantitative estimate of drug-likeness (QED) is 0.434. The molecule has 2 aromatic carbocycles. The van der Waals surface area contributed by atoms with Crippen molar-refractivity contribution < 1.29 is 42.2 Å². The van der Waals surface area contributed by atoms with Gasteiger partial charge >= 0.3 is 0 Å². The zero-order chi connectivity index (χ0) is 29.0. The first-order valence-corrected chi connectivity index (χ1v) is 13.8. The number of carbonyl (C=O) groups excluding carboxylic acids is 4. The Morgan fingerprint density at radius 2 is 1.77 bits per heavy atom. The predicted molar refractivity (Wildman–Crippen MR) is 140 cm³/mol. The van der Waals surface area contributed by atoms with E-state index in [0.717, 1.165) is 35.9 Å². The smallest absolute Gasteiger partial charge is 0.259 e. The number of ketones is 3. The fraction of sp³-hybridized carbons (Fsp3) is 0.333. The van der Waals surface area contributed by atoms with Crippen LogP contribution in [0.2, 0.25) is 0 Å². The van der Waals surface area contributed by atoms with E-state index >= 15 is 0 Å². The highest BCUT2D eigenvalue weighted by Gasteiger charge is 2.58. The Kier molecular flexibility index (Phi) is 6.80. The first-order valence-electron chi connectivity index (χ1n) is 11.9. The highest BCUT2D eigenvalue weighted by Crippen LogP contribution is 2.56. The van der Waals surface area contributed by atoms with Crippen molar-refractivity contribution in [3.63, 3.8) is 0 Å². The number of aromatic hydroxyl groups is 1. The molecule has 1 aliphatic carbocycles. The molecule has 39 heavy (non-hydrogen) atoms. The van der Waals surface area contributed by atoms with Gasteiger partial charge in [-0.15, -0.1) is 0 Å². The third-order valence-electron chi connectivity index (χ3n) is 7.02. The van der Waals surface area contributed by atoms with Crippen molar-refractivity contribution in [3.05, 3.63) is 57.9 Å². The molecule has 2 aliphatic rings. The summed E-state index contributed by atoms with van der Waals surface area (Å²) in [6.45, 7) is 6.17. The molecule has 2 aromatic rings. The molecular weight excluding hydrogens is 528 g/mol. The zero-order valence-corrected chi connectivity index (χ0v) is 23.0. The van der Waals surface area contributed by atoms with Crippen molar-refractivity contribution in [2.75, 3.05) is 18.1 Å². The van der Waals surface area contributed by atoms with E-state index < -0.39 is 50.4 Å². The average Bonchev–Trinajstić information content (AvgIpc) is 3.10. The third kappa shape index (κ3) is 4.65. The van der Waals surface area contributed by atoms with E-state index in [0.29, 0.717) is 5.69 Å². The lowest BCUT2D eigenvalue weighted by molar-refractivity contribution is -0.140. The molecule has 0 radical (unpaired) electrons. The summed E-state index contributed by atoms with van der Waals surface area (Å²) in [5.74, 6) is -4.98. The molecule has 4 rings (SSSR count). The minimum atomic E-state index is -3.47. The van der Waals surface area contributed by atoms with Gasteiger partial charge in [0.15, 0.2) is 17.3 Å². The van der Waals surface area contributed by atoms with Crippen molar-refractivity contribution in [2.24, 2.45) is 5.92 Å². The summed E-state index contributed by atoms with van der Waals surface area (Å²) >= 11 is 0. The van der Waals surface area contributed by atoms with Gasteiger partial charge in [-0.05, 0) is 56.5 Å². The topological polar surface area (TPSA) is 165 Å². The first kappa shape index (κ1) is 27.8. The van der Waals surface area contributed by atoms with Gasteiger partial charge in [0.25, 0.3) is 5.91 Å². The van der Waals surface area contributed by atoms with Gasteiger partial charge in [0.1, 0.15) is 39.9 Å². The van der Waals surface area contributed by atoms with Gasteiger partial charge in [-0.2, -0.15) is 0 Å². The molecule has 12 heteroatoms. The monoisotopic (exact) mass is 556 g/mol. The predicted octanol–water partition coefficient (Wildman–Crippen LogP) is 2.21. The number of benzene rings is 2. The lowest BCUT2D eigenvalue weighted by Gasteiger charge is -2.30. The lowest BCUT2D eigenvalue weighted by Crippen LogP contribution is -2.47. The Bertz CT molecular complexity index is 1580. The van der Waals surface area contributed by atoms with E-state index in [4.69, 9.17) is 9.47 Å². The number of methoxy groups -OCH3 is 1. The SMILES string of the molecule is COc1cc(O)c2c(c1C(=O)NCc1c(C)cc(NS(C)(=O)=O)cc1C)OC1=CC(=O)C(C(C)=O)C(=O)[C@]12C. The van der Waals surface area contributed by atoms with Gasteiger partial charge in [-0.1, -0.05) is 0 Å². The van der Waals surface area contributed by atoms with E-state index in [2.05, 4.69) is 10.0 Å². The molecule has 11 nitrogen and oxygen atoms in total. The second kappa shape index (κ2) is 9.53. The van der Waals surface area contributed by atoms with E-state index in [1.807, 2.05) is 0 Å². The maximum atomic E-state index is 13.5. The van der Waals surface area contributed by atoms with E-state index in [9.17, 15) is 32.7 Å². The Morgan fingerprint density at radius 3 is 2.31 bits per heavy atom. The standard InChI is InChI=1S/C27H28N2O9S/c1-12-7-15(29-39(6,35)36)8-13(2)16(12)11-28-26(34)22-19(37-5)9-18(32)23-24(22)38-20-10-17(31)21(14(3)30)25(33)27(20,23)4/h7-10,21,29,32H,11H2,1-6H3,(H,28,34)/t21?,27-/m1/s1. The average molecular weight is 557 g/mol. The van der Waals surface area contributed by atoms with Crippen LogP contribution in [0.4, 0.5) is 5.69 Å². The molecule has 0 spiro atoms. The van der Waals surface area contributed by atoms with Crippen LogP contribution < -0.4 is 19.5 Å². The first-order chi connectivity index (χ1) is 18.1. The van der Waals surface area contributed by atoms with Crippen LogP contribution in [0.15, 0.2) is 30.0 Å². The lowest BCUT2D eigenvalue weighted by atomic mass is 9.67. The second-order valence-corrected chi connectivity index (χ2v) is 11.6. The van der Waals surface area contributed by atoms with E-state index in [-0.39, 0.29) is 34.9 Å². The van der Waals surface area contributed by atoms with Gasteiger partial charge < -0.3 is 19.9 Å². The summed E-state index contributed by atoms with van der Waals surface area (Å²) in [7, 11) is -2.17. The number of carbonyl (C=O) groups is 4. The largest absolute Gasteiger partial charge is 0.507 e. The van der Waals surface area contributed by atoms with Crippen molar-refractivity contribution in [1.29, 1.82) is 0 Å². The number of rotatable bonds is 7. The van der Waals surface area contributed by atoms with Crippen molar-refractivity contribution in [3.8, 4) is 17.2 Å². The maximum absolute atomic E-state index is 13.5. The molecule has 1 aliphatic heterocycles. The number of anilines is 1. The molecule has 3 N–H and O–H groups in total. The Labute approximate surface area is 225 Å². The van der Waals surface area contributed by atoms with Crippen LogP contribution in [0.5, 0.6) is 17.2 Å². The fourth-order valence-electron chi connectivity index (χ4n) is 5.15. The number of aryl methyl sites for hydroxylation is 2. The normalized spacial score (nSPS) is 19.9. The molecule has 2 atom stereocenters.